The Morgan fingerprint density at radius 3 is 2.64 bits per heavy atom. The molecule has 0 saturated carbocycles. The van der Waals surface area contributed by atoms with E-state index in [1.807, 2.05) is 31.2 Å². The first-order valence-electron chi connectivity index (χ1n) is 7.92. The minimum Gasteiger partial charge on any atom is -0.501 e. The highest BCUT2D eigenvalue weighted by Crippen LogP contribution is 2.29. The number of carbonyl (C=O) groups excluding carboxylic acids is 1. The number of nitrogens with one attached hydrogen (secondary N) is 1. The number of carbonyl (C=O) groups is 1. The summed E-state index contributed by atoms with van der Waals surface area (Å²) in [5.41, 5.74) is 4.49. The van der Waals surface area contributed by atoms with Gasteiger partial charge in [-0.3, -0.25) is 9.59 Å². The summed E-state index contributed by atoms with van der Waals surface area (Å²) in [6, 6.07) is 14.1. The third kappa shape index (κ3) is 3.35. The second kappa shape index (κ2) is 6.73. The molecule has 0 atom stereocenters. The van der Waals surface area contributed by atoms with Crippen LogP contribution >= 0.6 is 0 Å². The number of aromatic hydroxyl groups is 1. The van der Waals surface area contributed by atoms with Gasteiger partial charge in [-0.2, -0.15) is 0 Å². The van der Waals surface area contributed by atoms with Crippen LogP contribution in [0.15, 0.2) is 47.3 Å². The largest absolute Gasteiger partial charge is 0.501 e. The number of aryl methyl sites for hydroxylation is 2. The second-order valence-electron chi connectivity index (χ2n) is 6.02. The third-order valence-electron chi connectivity index (χ3n) is 4.14. The highest BCUT2D eigenvalue weighted by atomic mass is 16.3. The quantitative estimate of drug-likeness (QED) is 0.718. The normalized spacial score (nSPS) is 10.6. The maximum absolute atomic E-state index is 11.8. The van der Waals surface area contributed by atoms with Crippen molar-refractivity contribution in [1.29, 1.82) is 0 Å². The molecule has 2 N–H and O–H groups in total. The number of benzene rings is 2. The zero-order chi connectivity index (χ0) is 18.0. The van der Waals surface area contributed by atoms with E-state index in [0.717, 1.165) is 27.8 Å². The van der Waals surface area contributed by atoms with Crippen LogP contribution in [0.25, 0.3) is 11.1 Å². The summed E-state index contributed by atoms with van der Waals surface area (Å²) in [5, 5.41) is 9.55. The van der Waals surface area contributed by atoms with Crippen LogP contribution in [0.3, 0.4) is 0 Å². The summed E-state index contributed by atoms with van der Waals surface area (Å²) in [6.07, 6.45) is 0.727. The van der Waals surface area contributed by atoms with Gasteiger partial charge in [0.25, 0.3) is 5.56 Å². The van der Waals surface area contributed by atoms with E-state index in [9.17, 15) is 14.7 Å². The molecule has 1 aromatic heterocycles. The van der Waals surface area contributed by atoms with Gasteiger partial charge in [0.2, 0.25) is 5.75 Å². The van der Waals surface area contributed by atoms with Crippen molar-refractivity contribution >= 4 is 6.29 Å². The first kappa shape index (κ1) is 16.6. The summed E-state index contributed by atoms with van der Waals surface area (Å²) in [5.74, 6) is -0.316. The van der Waals surface area contributed by atoms with Crippen molar-refractivity contribution in [2.45, 2.75) is 20.3 Å². The molecule has 0 spiro atoms. The lowest BCUT2D eigenvalue weighted by molar-refractivity contribution is 0.111. The van der Waals surface area contributed by atoms with E-state index >= 15 is 0 Å². The lowest BCUT2D eigenvalue weighted by Crippen LogP contribution is -2.14. The minimum absolute atomic E-state index is 0.247. The molecule has 0 radical (unpaired) electrons. The standard InChI is InChI=1S/C20H18N2O3/c1-12-7-8-13(2)16(9-12)15-6-4-3-5-14(15)10-18-21-17(11-23)19(24)20(25)22-18/h3-9,11,24H,10H2,1-2H3,(H,21,22,25). The summed E-state index contributed by atoms with van der Waals surface area (Å²) < 4.78 is 0. The molecule has 126 valence electrons. The molecule has 5 heteroatoms. The zero-order valence-electron chi connectivity index (χ0n) is 14.0. The van der Waals surface area contributed by atoms with Gasteiger partial charge in [-0.25, -0.2) is 4.98 Å². The Morgan fingerprint density at radius 2 is 1.88 bits per heavy atom. The molecule has 0 aliphatic carbocycles. The molecule has 0 fully saturated rings. The van der Waals surface area contributed by atoms with Crippen LogP contribution < -0.4 is 5.56 Å². The number of nitrogens with zero attached hydrogens (tertiary/aromatic N) is 1. The van der Waals surface area contributed by atoms with E-state index < -0.39 is 11.3 Å². The molecule has 5 nitrogen and oxygen atoms in total. The lowest BCUT2D eigenvalue weighted by Gasteiger charge is -2.13. The van der Waals surface area contributed by atoms with Crippen molar-refractivity contribution in [2.75, 3.05) is 0 Å². The van der Waals surface area contributed by atoms with Crippen molar-refractivity contribution in [3.05, 3.63) is 81.0 Å². The van der Waals surface area contributed by atoms with Crippen molar-refractivity contribution in [3.63, 3.8) is 0 Å². The van der Waals surface area contributed by atoms with Crippen molar-refractivity contribution < 1.29 is 9.90 Å². The Morgan fingerprint density at radius 1 is 1.12 bits per heavy atom. The first-order chi connectivity index (χ1) is 12.0. The van der Waals surface area contributed by atoms with Crippen LogP contribution in [0.1, 0.15) is 33.0 Å². The number of rotatable bonds is 4. The van der Waals surface area contributed by atoms with Gasteiger partial charge in [0.05, 0.1) is 0 Å². The molecule has 0 aliphatic rings. The fourth-order valence-electron chi connectivity index (χ4n) is 2.84. The molecule has 0 saturated heterocycles. The highest BCUT2D eigenvalue weighted by Gasteiger charge is 2.13. The molecule has 3 aromatic rings. The SMILES string of the molecule is Cc1ccc(C)c(-c2ccccc2Cc2nc(C=O)c(O)c(=O)[nH]2)c1. The molecular weight excluding hydrogens is 316 g/mol. The van der Waals surface area contributed by atoms with Crippen LogP contribution in [0, 0.1) is 13.8 Å². The molecule has 3 rings (SSSR count). The Balaban J connectivity index is 2.09. The molecule has 0 bridgehead atoms. The topological polar surface area (TPSA) is 83.0 Å². The molecule has 0 amide bonds. The van der Waals surface area contributed by atoms with Gasteiger partial charge in [0.1, 0.15) is 5.82 Å². The number of aromatic nitrogens is 2. The average molecular weight is 334 g/mol. The average Bonchev–Trinajstić information content (AvgIpc) is 2.60. The van der Waals surface area contributed by atoms with Crippen LogP contribution in [0.2, 0.25) is 0 Å². The first-order valence-corrected chi connectivity index (χ1v) is 7.92. The Kier molecular flexibility index (Phi) is 4.48. The summed E-state index contributed by atoms with van der Waals surface area (Å²) in [4.78, 5) is 29.3. The van der Waals surface area contributed by atoms with Gasteiger partial charge in [-0.1, -0.05) is 48.0 Å². The van der Waals surface area contributed by atoms with Crippen molar-refractivity contribution in [1.82, 2.24) is 9.97 Å². The van der Waals surface area contributed by atoms with Gasteiger partial charge in [-0.15, -0.1) is 0 Å². The van der Waals surface area contributed by atoms with Crippen LogP contribution in [-0.4, -0.2) is 21.4 Å². The van der Waals surface area contributed by atoms with E-state index in [1.165, 1.54) is 0 Å². The van der Waals surface area contributed by atoms with Crippen molar-refractivity contribution in [2.24, 2.45) is 0 Å². The smallest absolute Gasteiger partial charge is 0.293 e. The number of H-pyrrole nitrogens is 1. The molecule has 0 unspecified atom stereocenters. The van der Waals surface area contributed by atoms with E-state index in [4.69, 9.17) is 0 Å². The highest BCUT2D eigenvalue weighted by molar-refractivity contribution is 5.75. The van der Waals surface area contributed by atoms with E-state index in [0.29, 0.717) is 18.5 Å². The minimum atomic E-state index is -0.712. The van der Waals surface area contributed by atoms with E-state index in [1.54, 1.807) is 0 Å². The molecule has 1 heterocycles. The van der Waals surface area contributed by atoms with Gasteiger partial charge >= 0.3 is 0 Å². The number of hydrogen-bond acceptors (Lipinski definition) is 4. The predicted molar refractivity (Wildman–Crippen MR) is 96.1 cm³/mol. The molecule has 0 aliphatic heterocycles. The fraction of sp³-hybridized carbons (Fsp3) is 0.150. The lowest BCUT2D eigenvalue weighted by atomic mass is 9.93. The number of hydrogen-bond donors (Lipinski definition) is 2. The van der Waals surface area contributed by atoms with E-state index in [2.05, 4.69) is 35.1 Å². The Labute approximate surface area is 145 Å². The summed E-state index contributed by atoms with van der Waals surface area (Å²) >= 11 is 0. The van der Waals surface area contributed by atoms with Gasteiger partial charge < -0.3 is 10.1 Å². The Bertz CT molecular complexity index is 1010. The molecule has 25 heavy (non-hydrogen) atoms. The van der Waals surface area contributed by atoms with E-state index in [-0.39, 0.29) is 5.69 Å². The van der Waals surface area contributed by atoms with Crippen LogP contribution in [0.5, 0.6) is 5.75 Å². The monoisotopic (exact) mass is 334 g/mol. The van der Waals surface area contributed by atoms with Gasteiger partial charge in [0, 0.05) is 6.42 Å². The second-order valence-corrected chi connectivity index (χ2v) is 6.02. The van der Waals surface area contributed by atoms with Crippen LogP contribution in [0.4, 0.5) is 0 Å². The zero-order valence-corrected chi connectivity index (χ0v) is 14.0. The molecule has 2 aromatic carbocycles. The van der Waals surface area contributed by atoms with Gasteiger partial charge in [0.15, 0.2) is 12.0 Å². The predicted octanol–water partition coefficient (Wildman–Crippen LogP) is 3.16. The van der Waals surface area contributed by atoms with Gasteiger partial charge in [-0.05, 0) is 36.1 Å². The Hall–Kier alpha value is -3.21. The maximum atomic E-state index is 11.8. The van der Waals surface area contributed by atoms with Crippen molar-refractivity contribution in [3.8, 4) is 16.9 Å². The van der Waals surface area contributed by atoms with Crippen LogP contribution in [-0.2, 0) is 6.42 Å². The number of aromatic amines is 1. The third-order valence-corrected chi connectivity index (χ3v) is 4.14. The number of aldehydes is 1. The molecular formula is C20H18N2O3. The summed E-state index contributed by atoms with van der Waals surface area (Å²) in [7, 11) is 0. The fourth-order valence-corrected chi connectivity index (χ4v) is 2.84. The summed E-state index contributed by atoms with van der Waals surface area (Å²) in [6.45, 7) is 4.09. The maximum Gasteiger partial charge on any atom is 0.293 e.